The average Bonchev–Trinajstić information content (AvgIpc) is 2.45. The molecule has 0 N–H and O–H groups in total. The maximum absolute atomic E-state index is 10.6. The van der Waals surface area contributed by atoms with E-state index in [9.17, 15) is 10.1 Å². The lowest BCUT2D eigenvalue weighted by atomic mass is 10.2. The molecule has 0 aromatic heterocycles. The molecule has 0 aliphatic carbocycles. The van der Waals surface area contributed by atoms with E-state index in [-0.39, 0.29) is 5.69 Å². The van der Waals surface area contributed by atoms with Crippen LogP contribution in [0.15, 0.2) is 53.4 Å². The molecule has 5 heteroatoms. The number of hydrogen-bond acceptors (Lipinski definition) is 4. The molecule has 94 valence electrons. The smallest absolute Gasteiger partial charge is 0.258 e. The number of nitro benzene ring substituents is 1. The van der Waals surface area contributed by atoms with Gasteiger partial charge in [-0.1, -0.05) is 30.3 Å². The standard InChI is InChI=1S/C14H10N2O2S/c15-9-12-8-13(16(17)18)6-7-14(12)19-10-11-4-2-1-3-5-11/h1-8H,10H2. The molecule has 0 aliphatic rings. The first kappa shape index (κ1) is 13.1. The second-order valence-electron chi connectivity index (χ2n) is 3.82. The minimum absolute atomic E-state index is 0.0550. The first-order valence-electron chi connectivity index (χ1n) is 5.56. The Balaban J connectivity index is 2.17. The summed E-state index contributed by atoms with van der Waals surface area (Å²) in [5.74, 6) is 0.729. The molecular weight excluding hydrogens is 260 g/mol. The molecule has 0 bridgehead atoms. The lowest BCUT2D eigenvalue weighted by Crippen LogP contribution is -1.90. The Morgan fingerprint density at radius 2 is 1.95 bits per heavy atom. The zero-order chi connectivity index (χ0) is 13.7. The van der Waals surface area contributed by atoms with Crippen LogP contribution in [0, 0.1) is 21.4 Å². The third kappa shape index (κ3) is 3.33. The molecule has 2 aromatic carbocycles. The molecule has 4 nitrogen and oxygen atoms in total. The number of hydrogen-bond donors (Lipinski definition) is 0. The molecule has 0 heterocycles. The summed E-state index contributed by atoms with van der Waals surface area (Å²) < 4.78 is 0. The number of nitrogens with zero attached hydrogens (tertiary/aromatic N) is 2. The number of thioether (sulfide) groups is 1. The molecule has 2 rings (SSSR count). The summed E-state index contributed by atoms with van der Waals surface area (Å²) in [5.41, 5.74) is 1.44. The van der Waals surface area contributed by atoms with Gasteiger partial charge in [0, 0.05) is 22.8 Å². The lowest BCUT2D eigenvalue weighted by Gasteiger charge is -2.04. The van der Waals surface area contributed by atoms with Crippen molar-refractivity contribution in [1.82, 2.24) is 0 Å². The Morgan fingerprint density at radius 1 is 1.21 bits per heavy atom. The van der Waals surface area contributed by atoms with Crippen LogP contribution in [0.4, 0.5) is 5.69 Å². The van der Waals surface area contributed by atoms with E-state index in [2.05, 4.69) is 0 Å². The van der Waals surface area contributed by atoms with Gasteiger partial charge in [-0.2, -0.15) is 5.26 Å². The van der Waals surface area contributed by atoms with Gasteiger partial charge in [-0.25, -0.2) is 0 Å². The Labute approximate surface area is 114 Å². The zero-order valence-corrected chi connectivity index (χ0v) is 10.8. The third-order valence-corrected chi connectivity index (χ3v) is 3.68. The van der Waals surface area contributed by atoms with Gasteiger partial charge in [0.25, 0.3) is 5.69 Å². The Bertz CT molecular complexity index is 636. The van der Waals surface area contributed by atoms with Crippen LogP contribution in [0.25, 0.3) is 0 Å². The fourth-order valence-electron chi connectivity index (χ4n) is 1.58. The predicted molar refractivity (Wildman–Crippen MR) is 73.8 cm³/mol. The maximum Gasteiger partial charge on any atom is 0.270 e. The average molecular weight is 270 g/mol. The van der Waals surface area contributed by atoms with Gasteiger partial charge in [-0.05, 0) is 11.6 Å². The maximum atomic E-state index is 10.6. The van der Waals surface area contributed by atoms with Gasteiger partial charge in [0.05, 0.1) is 10.5 Å². The van der Waals surface area contributed by atoms with Crippen molar-refractivity contribution in [1.29, 1.82) is 5.26 Å². The van der Waals surface area contributed by atoms with Crippen LogP contribution < -0.4 is 0 Å². The monoisotopic (exact) mass is 270 g/mol. The highest BCUT2D eigenvalue weighted by molar-refractivity contribution is 7.98. The van der Waals surface area contributed by atoms with Crippen molar-refractivity contribution in [2.75, 3.05) is 0 Å². The molecule has 0 atom stereocenters. The van der Waals surface area contributed by atoms with E-state index in [1.807, 2.05) is 36.4 Å². The van der Waals surface area contributed by atoms with Crippen LogP contribution in [0.3, 0.4) is 0 Å². The summed E-state index contributed by atoms with van der Waals surface area (Å²) in [4.78, 5) is 10.9. The highest BCUT2D eigenvalue weighted by Crippen LogP contribution is 2.28. The van der Waals surface area contributed by atoms with Gasteiger partial charge in [-0.3, -0.25) is 10.1 Å². The largest absolute Gasteiger partial charge is 0.270 e. The van der Waals surface area contributed by atoms with Crippen LogP contribution in [0.5, 0.6) is 0 Å². The zero-order valence-electron chi connectivity index (χ0n) is 9.95. The molecule has 19 heavy (non-hydrogen) atoms. The summed E-state index contributed by atoms with van der Waals surface area (Å²) in [6.07, 6.45) is 0. The van der Waals surface area contributed by atoms with Gasteiger partial charge in [0.15, 0.2) is 0 Å². The second kappa shape index (κ2) is 6.03. The predicted octanol–water partition coefficient (Wildman–Crippen LogP) is 3.76. The highest BCUT2D eigenvalue weighted by atomic mass is 32.2. The van der Waals surface area contributed by atoms with Crippen LogP contribution >= 0.6 is 11.8 Å². The molecule has 0 saturated heterocycles. The number of rotatable bonds is 4. The Hall–Kier alpha value is -2.32. The molecule has 0 radical (unpaired) electrons. The summed E-state index contributed by atoms with van der Waals surface area (Å²) >= 11 is 1.50. The summed E-state index contributed by atoms with van der Waals surface area (Å²) in [6.45, 7) is 0. The minimum Gasteiger partial charge on any atom is -0.258 e. The van der Waals surface area contributed by atoms with E-state index >= 15 is 0 Å². The third-order valence-electron chi connectivity index (χ3n) is 2.53. The lowest BCUT2D eigenvalue weighted by molar-refractivity contribution is -0.384. The van der Waals surface area contributed by atoms with Crippen molar-refractivity contribution in [3.8, 4) is 6.07 Å². The normalized spacial score (nSPS) is 9.84. The second-order valence-corrected chi connectivity index (χ2v) is 4.84. The van der Waals surface area contributed by atoms with Crippen molar-refractivity contribution in [3.05, 3.63) is 69.8 Å². The van der Waals surface area contributed by atoms with Crippen molar-refractivity contribution in [2.24, 2.45) is 0 Å². The number of non-ortho nitro benzene ring substituents is 1. The van der Waals surface area contributed by atoms with Crippen LogP contribution in [0.1, 0.15) is 11.1 Å². The van der Waals surface area contributed by atoms with Gasteiger partial charge in [0.2, 0.25) is 0 Å². The first-order valence-corrected chi connectivity index (χ1v) is 6.54. The van der Waals surface area contributed by atoms with Gasteiger partial charge < -0.3 is 0 Å². The van der Waals surface area contributed by atoms with Crippen molar-refractivity contribution in [3.63, 3.8) is 0 Å². The topological polar surface area (TPSA) is 66.9 Å². The van der Waals surface area contributed by atoms with E-state index in [1.165, 1.54) is 23.9 Å². The van der Waals surface area contributed by atoms with E-state index in [4.69, 9.17) is 5.26 Å². The molecule has 0 amide bonds. The van der Waals surface area contributed by atoms with Crippen molar-refractivity contribution < 1.29 is 4.92 Å². The van der Waals surface area contributed by atoms with E-state index in [1.54, 1.807) is 6.07 Å². The molecule has 0 spiro atoms. The van der Waals surface area contributed by atoms with Crippen LogP contribution in [-0.2, 0) is 5.75 Å². The summed E-state index contributed by atoms with van der Waals surface area (Å²) in [5, 5.41) is 19.7. The fourth-order valence-corrected chi connectivity index (χ4v) is 2.52. The Kier molecular flexibility index (Phi) is 4.16. The van der Waals surface area contributed by atoms with Crippen molar-refractivity contribution >= 4 is 17.4 Å². The number of nitriles is 1. The summed E-state index contributed by atoms with van der Waals surface area (Å²) in [7, 11) is 0. The number of nitro groups is 1. The molecule has 0 unspecified atom stereocenters. The molecular formula is C14H10N2O2S. The first-order chi connectivity index (χ1) is 9.20. The molecule has 0 fully saturated rings. The van der Waals surface area contributed by atoms with Gasteiger partial charge >= 0.3 is 0 Å². The molecule has 0 aliphatic heterocycles. The van der Waals surface area contributed by atoms with Gasteiger partial charge in [0.1, 0.15) is 6.07 Å². The summed E-state index contributed by atoms with van der Waals surface area (Å²) in [6, 6.07) is 16.2. The van der Waals surface area contributed by atoms with Crippen LogP contribution in [-0.4, -0.2) is 4.92 Å². The van der Waals surface area contributed by atoms with E-state index in [0.29, 0.717) is 5.56 Å². The van der Waals surface area contributed by atoms with E-state index < -0.39 is 4.92 Å². The Morgan fingerprint density at radius 3 is 2.58 bits per heavy atom. The highest BCUT2D eigenvalue weighted by Gasteiger charge is 2.10. The van der Waals surface area contributed by atoms with Crippen LogP contribution in [0.2, 0.25) is 0 Å². The number of benzene rings is 2. The molecule has 0 saturated carbocycles. The van der Waals surface area contributed by atoms with Gasteiger partial charge in [-0.15, -0.1) is 11.8 Å². The van der Waals surface area contributed by atoms with E-state index in [0.717, 1.165) is 16.2 Å². The fraction of sp³-hybridized carbons (Fsp3) is 0.0714. The minimum atomic E-state index is -0.494. The molecule has 2 aromatic rings. The quantitative estimate of drug-likeness (QED) is 0.482. The SMILES string of the molecule is N#Cc1cc([N+](=O)[O-])ccc1SCc1ccccc1. The van der Waals surface area contributed by atoms with Crippen molar-refractivity contribution in [2.45, 2.75) is 10.6 Å².